The summed E-state index contributed by atoms with van der Waals surface area (Å²) in [6, 6.07) is 5.14. The van der Waals surface area contributed by atoms with Crippen molar-refractivity contribution in [2.75, 3.05) is 25.6 Å². The van der Waals surface area contributed by atoms with Gasteiger partial charge in [-0.15, -0.1) is 0 Å². The highest BCUT2D eigenvalue weighted by Gasteiger charge is 2.08. The van der Waals surface area contributed by atoms with Gasteiger partial charge in [-0.3, -0.25) is 4.79 Å². The third kappa shape index (κ3) is 6.95. The van der Waals surface area contributed by atoms with Crippen LogP contribution in [0.15, 0.2) is 18.2 Å². The molecule has 1 aromatic rings. The molecule has 7 heteroatoms. The van der Waals surface area contributed by atoms with Crippen LogP contribution in [0.2, 0.25) is 5.02 Å². The molecule has 0 aromatic heterocycles. The van der Waals surface area contributed by atoms with Gasteiger partial charge in [-0.2, -0.15) is 0 Å². The predicted octanol–water partition coefficient (Wildman–Crippen LogP) is 3.37. The predicted molar refractivity (Wildman–Crippen MR) is 92.7 cm³/mol. The summed E-state index contributed by atoms with van der Waals surface area (Å²) in [5, 5.41) is 6.58. The van der Waals surface area contributed by atoms with E-state index in [1.807, 2.05) is 0 Å². The van der Waals surface area contributed by atoms with Crippen LogP contribution in [0.25, 0.3) is 0 Å². The molecular formula is C15H21ClN2O3S. The topological polar surface area (TPSA) is 59.6 Å². The van der Waals surface area contributed by atoms with Gasteiger partial charge >= 0.3 is 5.97 Å². The lowest BCUT2D eigenvalue weighted by Gasteiger charge is -2.13. The fourth-order valence-corrected chi connectivity index (χ4v) is 2.04. The van der Waals surface area contributed by atoms with E-state index in [4.69, 9.17) is 33.3 Å². The second-order valence-electron chi connectivity index (χ2n) is 4.58. The number of anilines is 1. The molecule has 22 heavy (non-hydrogen) atoms. The lowest BCUT2D eigenvalue weighted by molar-refractivity contribution is -0.142. The van der Waals surface area contributed by atoms with Gasteiger partial charge in [0.1, 0.15) is 12.3 Å². The lowest BCUT2D eigenvalue weighted by Crippen LogP contribution is -2.34. The Kier molecular flexibility index (Phi) is 8.62. The van der Waals surface area contributed by atoms with Crippen LogP contribution in [-0.2, 0) is 9.53 Å². The van der Waals surface area contributed by atoms with Crippen molar-refractivity contribution in [3.63, 3.8) is 0 Å². The van der Waals surface area contributed by atoms with Crippen molar-refractivity contribution in [2.45, 2.75) is 26.2 Å². The average molecular weight is 345 g/mol. The summed E-state index contributed by atoms with van der Waals surface area (Å²) in [5.74, 6) is 0.272. The monoisotopic (exact) mass is 344 g/mol. The Hall–Kier alpha value is -1.53. The molecule has 0 saturated heterocycles. The summed E-state index contributed by atoms with van der Waals surface area (Å²) in [6.45, 7) is 2.55. The summed E-state index contributed by atoms with van der Waals surface area (Å²) in [6.07, 6.45) is 3.02. The molecule has 0 radical (unpaired) electrons. The number of hydrogen-bond acceptors (Lipinski definition) is 4. The number of carbonyl (C=O) groups is 1. The molecule has 0 unspecified atom stereocenters. The smallest absolute Gasteiger partial charge is 0.325 e. The molecule has 0 aliphatic carbocycles. The van der Waals surface area contributed by atoms with E-state index in [1.165, 1.54) is 0 Å². The molecule has 0 heterocycles. The summed E-state index contributed by atoms with van der Waals surface area (Å²) >= 11 is 11.1. The third-order valence-corrected chi connectivity index (χ3v) is 3.30. The van der Waals surface area contributed by atoms with Gasteiger partial charge < -0.3 is 20.1 Å². The zero-order valence-electron chi connectivity index (χ0n) is 12.8. The number of ether oxygens (including phenoxy) is 2. The molecule has 5 nitrogen and oxygen atoms in total. The van der Waals surface area contributed by atoms with Gasteiger partial charge in [-0.25, -0.2) is 0 Å². The van der Waals surface area contributed by atoms with Crippen LogP contribution in [0.3, 0.4) is 0 Å². The number of carbonyl (C=O) groups excluding carboxylic acids is 1. The van der Waals surface area contributed by atoms with Crippen molar-refractivity contribution in [3.8, 4) is 5.75 Å². The van der Waals surface area contributed by atoms with Gasteiger partial charge in [-0.05, 0) is 36.8 Å². The molecule has 0 aliphatic rings. The lowest BCUT2D eigenvalue weighted by atomic mass is 10.3. The van der Waals surface area contributed by atoms with Crippen LogP contribution >= 0.6 is 23.8 Å². The molecule has 1 aromatic carbocycles. The molecule has 122 valence electrons. The number of hydrogen-bond donors (Lipinski definition) is 2. The first-order valence-corrected chi connectivity index (χ1v) is 7.89. The van der Waals surface area contributed by atoms with Crippen LogP contribution in [0, 0.1) is 0 Å². The Bertz CT molecular complexity index is 512. The van der Waals surface area contributed by atoms with Crippen molar-refractivity contribution in [2.24, 2.45) is 0 Å². The second-order valence-corrected chi connectivity index (χ2v) is 5.42. The SMILES string of the molecule is CCCCCOC(=O)CNC(=S)Nc1cc(Cl)ccc1OC. The highest BCUT2D eigenvalue weighted by molar-refractivity contribution is 7.80. The number of nitrogens with one attached hydrogen (secondary N) is 2. The number of esters is 1. The quantitative estimate of drug-likeness (QED) is 0.428. The maximum absolute atomic E-state index is 11.5. The van der Waals surface area contributed by atoms with Crippen LogP contribution in [0.5, 0.6) is 5.75 Å². The maximum Gasteiger partial charge on any atom is 0.325 e. The molecule has 0 bridgehead atoms. The van der Waals surface area contributed by atoms with Gasteiger partial charge in [0.25, 0.3) is 0 Å². The largest absolute Gasteiger partial charge is 0.495 e. The van der Waals surface area contributed by atoms with Gasteiger partial charge in [0.05, 0.1) is 19.4 Å². The van der Waals surface area contributed by atoms with Crippen molar-refractivity contribution >= 4 is 40.6 Å². The minimum atomic E-state index is -0.335. The number of rotatable bonds is 8. The van der Waals surface area contributed by atoms with E-state index in [0.717, 1.165) is 19.3 Å². The van der Waals surface area contributed by atoms with E-state index in [9.17, 15) is 4.79 Å². The Morgan fingerprint density at radius 3 is 2.82 bits per heavy atom. The molecule has 0 fully saturated rings. The summed E-state index contributed by atoms with van der Waals surface area (Å²) in [4.78, 5) is 11.5. The van der Waals surface area contributed by atoms with E-state index < -0.39 is 0 Å². The van der Waals surface area contributed by atoms with E-state index >= 15 is 0 Å². The molecule has 2 N–H and O–H groups in total. The third-order valence-electron chi connectivity index (χ3n) is 2.81. The molecule has 1 rings (SSSR count). The minimum absolute atomic E-state index is 0.0147. The van der Waals surface area contributed by atoms with Gasteiger partial charge in [0.2, 0.25) is 0 Å². The Labute approximate surface area is 141 Å². The zero-order valence-corrected chi connectivity index (χ0v) is 14.4. The molecule has 0 saturated carbocycles. The summed E-state index contributed by atoms with van der Waals surface area (Å²) < 4.78 is 10.3. The first-order chi connectivity index (χ1) is 10.6. The fourth-order valence-electron chi connectivity index (χ4n) is 1.69. The molecule has 0 atom stereocenters. The standard InChI is InChI=1S/C15H21ClN2O3S/c1-3-4-5-8-21-14(19)10-17-15(22)18-12-9-11(16)6-7-13(12)20-2/h6-7,9H,3-5,8,10H2,1-2H3,(H2,17,18,22). The van der Waals surface area contributed by atoms with Crippen LogP contribution in [0.4, 0.5) is 5.69 Å². The number of halogens is 1. The molecular weight excluding hydrogens is 324 g/mol. The number of thiocarbonyl (C=S) groups is 1. The highest BCUT2D eigenvalue weighted by Crippen LogP contribution is 2.27. The number of benzene rings is 1. The van der Waals surface area contributed by atoms with Crippen molar-refractivity contribution in [3.05, 3.63) is 23.2 Å². The summed E-state index contributed by atoms with van der Waals surface area (Å²) in [7, 11) is 1.55. The Morgan fingerprint density at radius 2 is 2.14 bits per heavy atom. The number of methoxy groups -OCH3 is 1. The van der Waals surface area contributed by atoms with E-state index in [2.05, 4.69) is 17.6 Å². The van der Waals surface area contributed by atoms with Gasteiger partial charge in [0.15, 0.2) is 5.11 Å². The fraction of sp³-hybridized carbons (Fsp3) is 0.467. The van der Waals surface area contributed by atoms with Crippen molar-refractivity contribution in [1.82, 2.24) is 5.32 Å². The van der Waals surface area contributed by atoms with Crippen LogP contribution in [0.1, 0.15) is 26.2 Å². The van der Waals surface area contributed by atoms with Crippen molar-refractivity contribution < 1.29 is 14.3 Å². The minimum Gasteiger partial charge on any atom is -0.495 e. The van der Waals surface area contributed by atoms with Gasteiger partial charge in [-0.1, -0.05) is 31.4 Å². The maximum atomic E-state index is 11.5. The molecule has 0 aliphatic heterocycles. The molecule has 0 amide bonds. The van der Waals surface area contributed by atoms with Crippen molar-refractivity contribution in [1.29, 1.82) is 0 Å². The number of unbranched alkanes of at least 4 members (excludes halogenated alkanes) is 2. The molecule has 0 spiro atoms. The first kappa shape index (κ1) is 18.5. The van der Waals surface area contributed by atoms with E-state index in [-0.39, 0.29) is 12.5 Å². The van der Waals surface area contributed by atoms with E-state index in [0.29, 0.717) is 28.2 Å². The first-order valence-electron chi connectivity index (χ1n) is 7.10. The normalized spacial score (nSPS) is 9.95. The Morgan fingerprint density at radius 1 is 1.36 bits per heavy atom. The van der Waals surface area contributed by atoms with Crippen LogP contribution < -0.4 is 15.4 Å². The van der Waals surface area contributed by atoms with Gasteiger partial charge in [0, 0.05) is 5.02 Å². The highest BCUT2D eigenvalue weighted by atomic mass is 35.5. The van der Waals surface area contributed by atoms with Crippen LogP contribution in [-0.4, -0.2) is 31.3 Å². The zero-order chi connectivity index (χ0) is 16.4. The summed E-state index contributed by atoms with van der Waals surface area (Å²) in [5.41, 5.74) is 0.629. The average Bonchev–Trinajstić information content (AvgIpc) is 2.50. The van der Waals surface area contributed by atoms with E-state index in [1.54, 1.807) is 25.3 Å². The Balaban J connectivity index is 2.37. The second kappa shape index (κ2) is 10.2.